The Balaban J connectivity index is 0.000000387. The molecule has 0 saturated heterocycles. The van der Waals surface area contributed by atoms with Crippen molar-refractivity contribution in [1.29, 1.82) is 0 Å². The van der Waals surface area contributed by atoms with Gasteiger partial charge >= 0.3 is 49.4 Å². The van der Waals surface area contributed by atoms with Gasteiger partial charge in [0.25, 0.3) is 0 Å². The Morgan fingerprint density at radius 3 is 0.897 bits per heavy atom. The lowest BCUT2D eigenvalue weighted by atomic mass is 9.12. The third-order valence-electron chi connectivity index (χ3n) is 12.2. The number of aryl methyl sites for hydroxylation is 1. The van der Waals surface area contributed by atoms with Crippen LogP contribution in [0.3, 0.4) is 0 Å². The van der Waals surface area contributed by atoms with Gasteiger partial charge in [0.15, 0.2) is 12.4 Å². The van der Waals surface area contributed by atoms with Gasteiger partial charge in [0.05, 0.1) is 44.5 Å². The molecule has 7 rings (SSSR count). The highest BCUT2D eigenvalue weighted by Gasteiger charge is 2.47. The monoisotopic (exact) mass is 1140 g/mol. The van der Waals surface area contributed by atoms with Crippen LogP contribution >= 0.6 is 0 Å². The number of alkyl halides is 24. The number of ketones is 1. The maximum absolute atomic E-state index is 14.2. The van der Waals surface area contributed by atoms with Crippen molar-refractivity contribution < 1.29 is 115 Å². The average molecular weight is 1140 g/mol. The summed E-state index contributed by atoms with van der Waals surface area (Å²) in [5.74, 6) is 0.137. The molecule has 0 fully saturated rings. The van der Waals surface area contributed by atoms with E-state index in [1.807, 2.05) is 59.4 Å². The molecule has 0 radical (unpaired) electrons. The van der Waals surface area contributed by atoms with Crippen molar-refractivity contribution in [3.63, 3.8) is 0 Å². The first-order valence-corrected chi connectivity index (χ1v) is 21.9. The Morgan fingerprint density at radius 2 is 0.641 bits per heavy atom. The van der Waals surface area contributed by atoms with Crippen LogP contribution in [0.4, 0.5) is 105 Å². The van der Waals surface area contributed by atoms with Crippen molar-refractivity contribution in [2.45, 2.75) is 69.3 Å². The number of nitrogens with zero attached hydrogens (tertiary/aromatic N) is 1. The topological polar surface area (TPSA) is 20.9 Å². The lowest BCUT2D eigenvalue weighted by Crippen LogP contribution is -2.75. The summed E-state index contributed by atoms with van der Waals surface area (Å²) >= 11 is 0. The minimum Gasteiger partial charge on any atom is -0.287 e. The standard InChI is InChI=1S/C32H12BF24.C19H18NO/c34-25(35,36)13-1-14(26(37,38)39)6-21(5-13)33(22-7-15(27(40,41)42)2-16(8-22)28(43,44)45,23-9-17(29(46,47)48)3-18(10-23)30(49,50)51)24-11-19(31(52,53)54)4-20(12-24)32(55,56)57;1-2-15-7-9-17(10-8-15)19(21)14-20-12-11-16-5-3-4-6-18(16)13-20/h1-12H;3-13H,2,14H2,1H3/q-1;+1. The van der Waals surface area contributed by atoms with Crippen molar-refractivity contribution in [3.05, 3.63) is 195 Å². The number of benzene rings is 6. The number of halogens is 24. The van der Waals surface area contributed by atoms with Crippen LogP contribution < -0.4 is 26.4 Å². The molecule has 0 bridgehead atoms. The number of fused-ring (bicyclic) bond motifs is 1. The van der Waals surface area contributed by atoms with Gasteiger partial charge in [-0.1, -0.05) is 97.9 Å². The Bertz CT molecular complexity index is 2880. The second-order valence-corrected chi connectivity index (χ2v) is 17.4. The average Bonchev–Trinajstić information content (AvgIpc) is 3.47. The number of carbonyl (C=O) groups is 1. The van der Waals surface area contributed by atoms with E-state index in [2.05, 4.69) is 19.1 Å². The Labute approximate surface area is 423 Å². The quantitative estimate of drug-likeness (QED) is 0.0643. The summed E-state index contributed by atoms with van der Waals surface area (Å²) < 4.78 is 343. The molecule has 0 saturated carbocycles. The van der Waals surface area contributed by atoms with Crippen LogP contribution in [0.2, 0.25) is 0 Å². The van der Waals surface area contributed by atoms with Gasteiger partial charge < -0.3 is 0 Å². The van der Waals surface area contributed by atoms with Gasteiger partial charge in [-0.25, -0.2) is 0 Å². The van der Waals surface area contributed by atoms with Crippen LogP contribution in [0.25, 0.3) is 10.8 Å². The highest BCUT2D eigenvalue weighted by Crippen LogP contribution is 2.41. The molecule has 2 nitrogen and oxygen atoms in total. The van der Waals surface area contributed by atoms with Crippen LogP contribution in [0.5, 0.6) is 0 Å². The van der Waals surface area contributed by atoms with E-state index in [0.717, 1.165) is 17.4 Å². The van der Waals surface area contributed by atoms with Crippen LogP contribution in [-0.4, -0.2) is 11.9 Å². The minimum absolute atomic E-state index is 0.137. The summed E-state index contributed by atoms with van der Waals surface area (Å²) in [7, 11) is 0. The lowest BCUT2D eigenvalue weighted by Gasteiger charge is -2.46. The predicted molar refractivity (Wildman–Crippen MR) is 234 cm³/mol. The molecule has 78 heavy (non-hydrogen) atoms. The molecule has 0 aliphatic carbocycles. The largest absolute Gasteiger partial charge is 0.416 e. The molecule has 1 heterocycles. The van der Waals surface area contributed by atoms with Crippen LogP contribution in [0.15, 0.2) is 140 Å². The van der Waals surface area contributed by atoms with Crippen LogP contribution in [0.1, 0.15) is 67.4 Å². The van der Waals surface area contributed by atoms with E-state index < -0.39 is 195 Å². The SMILES string of the molecule is CCc1ccc(C(=O)C[n+]2ccc3ccccc3c2)cc1.FC(F)(F)c1cc([B-](c2cc(C(F)(F)F)cc(C(F)(F)F)c2)(c2cc(C(F)(F)F)cc(C(F)(F)F)c2)c2cc(C(F)(F)F)cc(C(F)(F)F)c2)cc(C(F)(F)F)c1. The molecule has 0 aliphatic rings. The molecule has 7 aromatic rings. The molecule has 6 aromatic carbocycles. The Morgan fingerprint density at radius 1 is 0.372 bits per heavy atom. The number of carbonyl (C=O) groups excluding carboxylic acids is 1. The van der Waals surface area contributed by atoms with Gasteiger partial charge in [0.1, 0.15) is 6.15 Å². The molecule has 0 N–H and O–H groups in total. The fourth-order valence-corrected chi connectivity index (χ4v) is 8.53. The Kier molecular flexibility index (Phi) is 16.1. The molecule has 416 valence electrons. The fraction of sp³-hybridized carbons (Fsp3) is 0.216. The van der Waals surface area contributed by atoms with E-state index in [1.165, 1.54) is 10.9 Å². The van der Waals surface area contributed by atoms with Gasteiger partial charge in [0, 0.05) is 17.0 Å². The van der Waals surface area contributed by atoms with Crippen molar-refractivity contribution in [1.82, 2.24) is 0 Å². The van der Waals surface area contributed by atoms with Crippen molar-refractivity contribution in [2.24, 2.45) is 0 Å². The van der Waals surface area contributed by atoms with Crippen molar-refractivity contribution in [3.8, 4) is 0 Å². The van der Waals surface area contributed by atoms with Gasteiger partial charge in [-0.05, 0) is 47.7 Å². The summed E-state index contributed by atoms with van der Waals surface area (Å²) in [5.41, 5.74) is -28.2. The molecular formula is C51H30BF24NO. The maximum atomic E-state index is 14.2. The van der Waals surface area contributed by atoms with Crippen molar-refractivity contribution in [2.75, 3.05) is 0 Å². The molecule has 0 amide bonds. The highest BCUT2D eigenvalue weighted by atomic mass is 19.4. The summed E-state index contributed by atoms with van der Waals surface area (Å²) in [5, 5.41) is 2.34. The van der Waals surface area contributed by atoms with E-state index in [-0.39, 0.29) is 5.78 Å². The molecule has 0 spiro atoms. The zero-order valence-corrected chi connectivity index (χ0v) is 38.7. The molecule has 1 aromatic heterocycles. The summed E-state index contributed by atoms with van der Waals surface area (Å²) in [4.78, 5) is 12.3. The molecule has 0 atom stereocenters. The van der Waals surface area contributed by atoms with Gasteiger partial charge in [0.2, 0.25) is 12.3 Å². The van der Waals surface area contributed by atoms with Crippen LogP contribution in [0, 0.1) is 0 Å². The molecule has 0 unspecified atom stereocenters. The number of rotatable bonds is 8. The molecule has 0 aliphatic heterocycles. The number of aromatic nitrogens is 1. The minimum atomic E-state index is -6.13. The first kappa shape index (κ1) is 60.0. The highest BCUT2D eigenvalue weighted by molar-refractivity contribution is 7.20. The number of pyridine rings is 1. The third kappa shape index (κ3) is 13.5. The fourth-order valence-electron chi connectivity index (χ4n) is 8.53. The van der Waals surface area contributed by atoms with E-state index >= 15 is 0 Å². The maximum Gasteiger partial charge on any atom is 0.416 e. The first-order chi connectivity index (χ1) is 35.5. The third-order valence-corrected chi connectivity index (χ3v) is 12.2. The van der Waals surface area contributed by atoms with E-state index in [1.54, 1.807) is 0 Å². The van der Waals surface area contributed by atoms with E-state index in [4.69, 9.17) is 0 Å². The second kappa shape index (κ2) is 20.9. The summed E-state index contributed by atoms with van der Waals surface area (Å²) in [6, 6.07) is 9.29. The summed E-state index contributed by atoms with van der Waals surface area (Å²) in [6.45, 7) is 2.48. The lowest BCUT2D eigenvalue weighted by molar-refractivity contribution is -0.681. The van der Waals surface area contributed by atoms with E-state index in [9.17, 15) is 110 Å². The smallest absolute Gasteiger partial charge is 0.287 e. The van der Waals surface area contributed by atoms with Gasteiger partial charge in [-0.15, -0.1) is 0 Å². The zero-order valence-electron chi connectivity index (χ0n) is 38.7. The number of hydrogen-bond donors (Lipinski definition) is 0. The van der Waals surface area contributed by atoms with Crippen molar-refractivity contribution >= 4 is 44.6 Å². The normalized spacial score (nSPS) is 13.3. The number of hydrogen-bond acceptors (Lipinski definition) is 1. The number of Topliss-reactive ketones (excluding diaryl/α,β-unsaturated/α-hetero) is 1. The van der Waals surface area contributed by atoms with E-state index in [0.29, 0.717) is 6.54 Å². The molecular weight excluding hydrogens is 1110 g/mol. The van der Waals surface area contributed by atoms with Gasteiger partial charge in [-0.3, -0.25) is 4.79 Å². The predicted octanol–water partition coefficient (Wildman–Crippen LogP) is 14.8. The first-order valence-electron chi connectivity index (χ1n) is 21.9. The van der Waals surface area contributed by atoms with Crippen LogP contribution in [-0.2, 0) is 62.4 Å². The zero-order chi connectivity index (χ0) is 58.6. The van der Waals surface area contributed by atoms with Gasteiger partial charge in [-0.2, -0.15) is 132 Å². The Hall–Kier alpha value is -7.22. The summed E-state index contributed by atoms with van der Waals surface area (Å²) in [6.07, 6.45) is -49.8. The second-order valence-electron chi connectivity index (χ2n) is 17.4. The molecule has 27 heteroatoms.